The van der Waals surface area contributed by atoms with Crippen molar-refractivity contribution in [2.24, 2.45) is 0 Å². The van der Waals surface area contributed by atoms with E-state index in [1.807, 2.05) is 6.07 Å². The van der Waals surface area contributed by atoms with Crippen molar-refractivity contribution in [3.05, 3.63) is 58.9 Å². The Balaban J connectivity index is 2.22. The van der Waals surface area contributed by atoms with E-state index in [2.05, 4.69) is 26.1 Å². The number of hydrogen-bond acceptors (Lipinski definition) is 2. The minimum atomic E-state index is -0.323. The fourth-order valence-electron chi connectivity index (χ4n) is 1.80. The summed E-state index contributed by atoms with van der Waals surface area (Å²) in [6.07, 6.45) is 0. The predicted molar refractivity (Wildman–Crippen MR) is 84.5 cm³/mol. The molecule has 0 aliphatic heterocycles. The summed E-state index contributed by atoms with van der Waals surface area (Å²) in [5.41, 5.74) is 0.917. The van der Waals surface area contributed by atoms with E-state index < -0.39 is 0 Å². The molecular formula is C17H19ClFNO. The smallest absolute Gasteiger partial charge is 0.132 e. The van der Waals surface area contributed by atoms with Crippen molar-refractivity contribution in [2.75, 3.05) is 0 Å². The van der Waals surface area contributed by atoms with E-state index in [0.717, 1.165) is 5.56 Å². The van der Waals surface area contributed by atoms with Gasteiger partial charge in [0.15, 0.2) is 0 Å². The first-order valence-electron chi connectivity index (χ1n) is 6.80. The van der Waals surface area contributed by atoms with Gasteiger partial charge in [-0.1, -0.05) is 17.7 Å². The Morgan fingerprint density at radius 1 is 1.14 bits per heavy atom. The lowest BCUT2D eigenvalue weighted by Gasteiger charge is -2.21. The topological polar surface area (TPSA) is 21.3 Å². The second-order valence-corrected chi connectivity index (χ2v) is 6.35. The molecule has 0 unspecified atom stereocenters. The molecule has 0 saturated heterocycles. The summed E-state index contributed by atoms with van der Waals surface area (Å²) in [7, 11) is 0. The first kappa shape index (κ1) is 15.8. The van der Waals surface area contributed by atoms with Gasteiger partial charge in [0.05, 0.1) is 0 Å². The van der Waals surface area contributed by atoms with E-state index >= 15 is 0 Å². The highest BCUT2D eigenvalue weighted by atomic mass is 35.5. The molecule has 0 amide bonds. The normalized spacial score (nSPS) is 11.5. The lowest BCUT2D eigenvalue weighted by molar-refractivity contribution is 0.414. The maximum atomic E-state index is 13.2. The zero-order chi connectivity index (χ0) is 15.5. The zero-order valence-corrected chi connectivity index (χ0v) is 13.2. The molecule has 0 radical (unpaired) electrons. The number of halogens is 2. The maximum absolute atomic E-state index is 13.2. The van der Waals surface area contributed by atoms with Crippen LogP contribution < -0.4 is 10.1 Å². The van der Waals surface area contributed by atoms with Crippen molar-refractivity contribution in [2.45, 2.75) is 32.9 Å². The lowest BCUT2D eigenvalue weighted by Crippen LogP contribution is -2.35. The van der Waals surface area contributed by atoms with Crippen LogP contribution in [0.1, 0.15) is 26.3 Å². The summed E-state index contributed by atoms with van der Waals surface area (Å²) in [6, 6.07) is 11.5. The van der Waals surface area contributed by atoms with Gasteiger partial charge in [-0.25, -0.2) is 4.39 Å². The van der Waals surface area contributed by atoms with Crippen LogP contribution in [0.4, 0.5) is 4.39 Å². The third kappa shape index (κ3) is 5.03. The highest BCUT2D eigenvalue weighted by Gasteiger charge is 2.12. The lowest BCUT2D eigenvalue weighted by atomic mass is 10.1. The van der Waals surface area contributed by atoms with Gasteiger partial charge in [-0.3, -0.25) is 0 Å². The third-order valence-corrected chi connectivity index (χ3v) is 3.09. The predicted octanol–water partition coefficient (Wildman–Crippen LogP) is 5.16. The van der Waals surface area contributed by atoms with Gasteiger partial charge >= 0.3 is 0 Å². The van der Waals surface area contributed by atoms with Crippen LogP contribution in [0.15, 0.2) is 42.5 Å². The summed E-state index contributed by atoms with van der Waals surface area (Å²) in [6.45, 7) is 6.88. The summed E-state index contributed by atoms with van der Waals surface area (Å²) in [5, 5.41) is 4.04. The van der Waals surface area contributed by atoms with Crippen LogP contribution in [-0.4, -0.2) is 5.54 Å². The molecule has 0 saturated carbocycles. The van der Waals surface area contributed by atoms with Crippen LogP contribution in [-0.2, 0) is 6.54 Å². The minimum absolute atomic E-state index is 0.0154. The van der Waals surface area contributed by atoms with Gasteiger partial charge in [0.25, 0.3) is 0 Å². The standard InChI is InChI=1S/C17H19ClFNO/c1-17(2,3)20-11-12-9-13(18)7-8-16(12)21-15-6-4-5-14(19)10-15/h4-10,20H,11H2,1-3H3. The largest absolute Gasteiger partial charge is 0.457 e. The Labute approximate surface area is 129 Å². The Morgan fingerprint density at radius 2 is 1.90 bits per heavy atom. The molecule has 2 nitrogen and oxygen atoms in total. The maximum Gasteiger partial charge on any atom is 0.132 e. The number of benzene rings is 2. The van der Waals surface area contributed by atoms with E-state index in [4.69, 9.17) is 16.3 Å². The van der Waals surface area contributed by atoms with Gasteiger partial charge in [-0.05, 0) is 51.1 Å². The molecule has 112 valence electrons. The summed E-state index contributed by atoms with van der Waals surface area (Å²) in [5.74, 6) is 0.812. The average molecular weight is 308 g/mol. The molecule has 2 rings (SSSR count). The van der Waals surface area contributed by atoms with Gasteiger partial charge in [0.1, 0.15) is 17.3 Å². The van der Waals surface area contributed by atoms with Crippen molar-refractivity contribution in [1.82, 2.24) is 5.32 Å². The summed E-state index contributed by atoms with van der Waals surface area (Å²) < 4.78 is 19.0. The van der Waals surface area contributed by atoms with Gasteiger partial charge in [0, 0.05) is 28.7 Å². The van der Waals surface area contributed by atoms with Crippen LogP contribution in [0, 0.1) is 5.82 Å². The molecular weight excluding hydrogens is 289 g/mol. The highest BCUT2D eigenvalue weighted by Crippen LogP contribution is 2.28. The zero-order valence-electron chi connectivity index (χ0n) is 12.4. The van der Waals surface area contributed by atoms with E-state index in [0.29, 0.717) is 23.1 Å². The number of nitrogens with one attached hydrogen (secondary N) is 1. The fourth-order valence-corrected chi connectivity index (χ4v) is 2.00. The Kier molecular flexibility index (Phi) is 4.86. The summed E-state index contributed by atoms with van der Waals surface area (Å²) in [4.78, 5) is 0. The Bertz CT molecular complexity index is 622. The van der Waals surface area contributed by atoms with Crippen molar-refractivity contribution < 1.29 is 9.13 Å². The SMILES string of the molecule is CC(C)(C)NCc1cc(Cl)ccc1Oc1cccc(F)c1. The number of hydrogen-bond donors (Lipinski definition) is 1. The van der Waals surface area contributed by atoms with E-state index in [1.54, 1.807) is 24.3 Å². The van der Waals surface area contributed by atoms with E-state index in [-0.39, 0.29) is 11.4 Å². The molecule has 0 aliphatic carbocycles. The van der Waals surface area contributed by atoms with Crippen molar-refractivity contribution in [3.63, 3.8) is 0 Å². The van der Waals surface area contributed by atoms with Crippen LogP contribution in [0.5, 0.6) is 11.5 Å². The first-order chi connectivity index (χ1) is 9.83. The van der Waals surface area contributed by atoms with Gasteiger partial charge in [-0.15, -0.1) is 0 Å². The molecule has 1 N–H and O–H groups in total. The average Bonchev–Trinajstić information content (AvgIpc) is 2.38. The summed E-state index contributed by atoms with van der Waals surface area (Å²) >= 11 is 6.05. The molecule has 0 aliphatic rings. The first-order valence-corrected chi connectivity index (χ1v) is 7.18. The van der Waals surface area contributed by atoms with Crippen LogP contribution >= 0.6 is 11.6 Å². The van der Waals surface area contributed by atoms with Gasteiger partial charge < -0.3 is 10.1 Å². The molecule has 2 aromatic rings. The van der Waals surface area contributed by atoms with Crippen LogP contribution in [0.2, 0.25) is 5.02 Å². The molecule has 0 spiro atoms. The van der Waals surface area contributed by atoms with E-state index in [9.17, 15) is 4.39 Å². The monoisotopic (exact) mass is 307 g/mol. The Morgan fingerprint density at radius 3 is 2.57 bits per heavy atom. The number of rotatable bonds is 4. The molecule has 0 aromatic heterocycles. The molecule has 21 heavy (non-hydrogen) atoms. The van der Waals surface area contributed by atoms with Gasteiger partial charge in [-0.2, -0.15) is 0 Å². The molecule has 0 atom stereocenters. The quantitative estimate of drug-likeness (QED) is 0.842. The van der Waals surface area contributed by atoms with Crippen LogP contribution in [0.25, 0.3) is 0 Å². The molecule has 0 heterocycles. The van der Waals surface area contributed by atoms with E-state index in [1.165, 1.54) is 12.1 Å². The van der Waals surface area contributed by atoms with Gasteiger partial charge in [0.2, 0.25) is 0 Å². The third-order valence-electron chi connectivity index (χ3n) is 2.86. The molecule has 0 fully saturated rings. The minimum Gasteiger partial charge on any atom is -0.457 e. The second kappa shape index (κ2) is 6.46. The fraction of sp³-hybridized carbons (Fsp3) is 0.294. The molecule has 4 heteroatoms. The van der Waals surface area contributed by atoms with Crippen molar-refractivity contribution in [1.29, 1.82) is 0 Å². The van der Waals surface area contributed by atoms with Crippen molar-refractivity contribution >= 4 is 11.6 Å². The van der Waals surface area contributed by atoms with Crippen molar-refractivity contribution in [3.8, 4) is 11.5 Å². The molecule has 0 bridgehead atoms. The van der Waals surface area contributed by atoms with Crippen LogP contribution in [0.3, 0.4) is 0 Å². The Hall–Kier alpha value is -1.58. The second-order valence-electron chi connectivity index (χ2n) is 5.92. The number of ether oxygens (including phenoxy) is 1. The highest BCUT2D eigenvalue weighted by molar-refractivity contribution is 6.30. The molecule has 2 aromatic carbocycles.